The standard InChI is InChI=1S/C25H38S/c26-25-23(20-13-5-1-2-6-14-20)17-22(19-11-7-3-8-12-19)18-24(25)21-15-9-4-10-16-21/h17-21,26H,1-16H2. The summed E-state index contributed by atoms with van der Waals surface area (Å²) in [5.74, 6) is 2.38. The van der Waals surface area contributed by atoms with Gasteiger partial charge in [0.25, 0.3) is 0 Å². The Kier molecular flexibility index (Phi) is 6.67. The first-order chi connectivity index (χ1) is 12.8. The van der Waals surface area contributed by atoms with Gasteiger partial charge >= 0.3 is 0 Å². The first-order valence-electron chi connectivity index (χ1n) is 11.7. The van der Waals surface area contributed by atoms with E-state index in [2.05, 4.69) is 12.1 Å². The highest BCUT2D eigenvalue weighted by Gasteiger charge is 2.26. The van der Waals surface area contributed by atoms with Gasteiger partial charge in [-0.2, -0.15) is 0 Å². The maximum atomic E-state index is 5.18. The van der Waals surface area contributed by atoms with E-state index in [0.29, 0.717) is 0 Å². The highest BCUT2D eigenvalue weighted by Crippen LogP contribution is 2.44. The van der Waals surface area contributed by atoms with Crippen LogP contribution in [0.2, 0.25) is 0 Å². The number of hydrogen-bond donors (Lipinski definition) is 1. The van der Waals surface area contributed by atoms with Crippen molar-refractivity contribution >= 4 is 12.6 Å². The van der Waals surface area contributed by atoms with Crippen LogP contribution in [0.15, 0.2) is 17.0 Å². The van der Waals surface area contributed by atoms with Crippen molar-refractivity contribution in [1.29, 1.82) is 0 Å². The number of rotatable bonds is 3. The fourth-order valence-corrected chi connectivity index (χ4v) is 6.50. The van der Waals surface area contributed by atoms with E-state index >= 15 is 0 Å². The summed E-state index contributed by atoms with van der Waals surface area (Å²) in [5.41, 5.74) is 4.96. The number of thiol groups is 1. The lowest BCUT2D eigenvalue weighted by Gasteiger charge is -2.30. The second-order valence-corrected chi connectivity index (χ2v) is 9.85. The van der Waals surface area contributed by atoms with Gasteiger partial charge in [-0.25, -0.2) is 0 Å². The predicted molar refractivity (Wildman–Crippen MR) is 116 cm³/mol. The first kappa shape index (κ1) is 18.9. The molecule has 0 heterocycles. The molecule has 3 aliphatic carbocycles. The first-order valence-corrected chi connectivity index (χ1v) is 12.1. The molecule has 1 heteroatoms. The molecule has 3 aliphatic rings. The van der Waals surface area contributed by atoms with Crippen LogP contribution in [0.5, 0.6) is 0 Å². The summed E-state index contributed by atoms with van der Waals surface area (Å²) in [6.45, 7) is 0. The molecule has 26 heavy (non-hydrogen) atoms. The highest BCUT2D eigenvalue weighted by molar-refractivity contribution is 7.80. The average Bonchev–Trinajstić information content (AvgIpc) is 2.99. The third-order valence-corrected chi connectivity index (χ3v) is 8.12. The monoisotopic (exact) mass is 370 g/mol. The summed E-state index contributed by atoms with van der Waals surface area (Å²) in [7, 11) is 0. The Morgan fingerprint density at radius 3 is 1.27 bits per heavy atom. The van der Waals surface area contributed by atoms with E-state index < -0.39 is 0 Å². The van der Waals surface area contributed by atoms with Crippen molar-refractivity contribution in [3.05, 3.63) is 28.8 Å². The maximum absolute atomic E-state index is 5.18. The van der Waals surface area contributed by atoms with E-state index in [0.717, 1.165) is 17.8 Å². The Hall–Kier alpha value is -0.430. The van der Waals surface area contributed by atoms with Gasteiger partial charge in [0.2, 0.25) is 0 Å². The largest absolute Gasteiger partial charge is 0.143 e. The molecule has 0 bridgehead atoms. The molecule has 0 unspecified atom stereocenters. The lowest BCUT2D eigenvalue weighted by atomic mass is 9.77. The van der Waals surface area contributed by atoms with E-state index in [1.807, 2.05) is 0 Å². The smallest absolute Gasteiger partial charge is 0.0110 e. The van der Waals surface area contributed by atoms with E-state index in [1.165, 1.54) is 108 Å². The Bertz CT molecular complexity index is 570. The Morgan fingerprint density at radius 2 is 0.846 bits per heavy atom. The molecular weight excluding hydrogens is 332 g/mol. The molecule has 0 spiro atoms. The lowest BCUT2D eigenvalue weighted by molar-refractivity contribution is 0.430. The molecule has 0 aliphatic heterocycles. The molecule has 0 aromatic heterocycles. The van der Waals surface area contributed by atoms with E-state index in [1.54, 1.807) is 16.7 Å². The molecule has 1 aromatic rings. The van der Waals surface area contributed by atoms with E-state index in [9.17, 15) is 0 Å². The normalized spacial score (nSPS) is 24.5. The third-order valence-electron chi connectivity index (χ3n) is 7.61. The van der Waals surface area contributed by atoms with Crippen molar-refractivity contribution < 1.29 is 0 Å². The summed E-state index contributed by atoms with van der Waals surface area (Å²) in [6, 6.07) is 5.25. The summed E-state index contributed by atoms with van der Waals surface area (Å²) in [4.78, 5) is 1.39. The summed E-state index contributed by atoms with van der Waals surface area (Å²) < 4.78 is 0. The Morgan fingerprint density at radius 1 is 0.500 bits per heavy atom. The molecule has 144 valence electrons. The second-order valence-electron chi connectivity index (χ2n) is 9.41. The van der Waals surface area contributed by atoms with Crippen LogP contribution in [0.25, 0.3) is 0 Å². The SMILES string of the molecule is Sc1c(C2CCCCCC2)cc(C2CCCCC2)cc1C1CCCCC1. The Labute approximate surface area is 167 Å². The molecule has 4 rings (SSSR count). The zero-order chi connectivity index (χ0) is 17.8. The van der Waals surface area contributed by atoms with Gasteiger partial charge in [0.05, 0.1) is 0 Å². The van der Waals surface area contributed by atoms with Crippen LogP contribution in [0, 0.1) is 0 Å². The molecule has 0 N–H and O–H groups in total. The van der Waals surface area contributed by atoms with Gasteiger partial charge in [0.1, 0.15) is 0 Å². The van der Waals surface area contributed by atoms with E-state index in [-0.39, 0.29) is 0 Å². The average molecular weight is 371 g/mol. The molecular formula is C25H38S. The van der Waals surface area contributed by atoms with Gasteiger partial charge < -0.3 is 0 Å². The summed E-state index contributed by atoms with van der Waals surface area (Å²) >= 11 is 5.18. The van der Waals surface area contributed by atoms with Gasteiger partial charge in [0, 0.05) is 4.90 Å². The topological polar surface area (TPSA) is 0 Å². The van der Waals surface area contributed by atoms with Crippen LogP contribution in [-0.4, -0.2) is 0 Å². The zero-order valence-corrected chi connectivity index (χ0v) is 17.5. The minimum absolute atomic E-state index is 0.774. The van der Waals surface area contributed by atoms with Gasteiger partial charge in [-0.05, 0) is 73.0 Å². The third kappa shape index (κ3) is 4.34. The summed E-state index contributed by atoms with van der Waals surface area (Å²) in [5, 5.41) is 0. The van der Waals surface area contributed by atoms with Crippen molar-refractivity contribution in [2.45, 2.75) is 125 Å². The van der Waals surface area contributed by atoms with Crippen LogP contribution in [0.1, 0.15) is 137 Å². The molecule has 3 saturated carbocycles. The zero-order valence-electron chi connectivity index (χ0n) is 16.6. The molecule has 1 aromatic carbocycles. The maximum Gasteiger partial charge on any atom is 0.0110 e. The fraction of sp³-hybridized carbons (Fsp3) is 0.760. The molecule has 3 fully saturated rings. The molecule has 0 atom stereocenters. The van der Waals surface area contributed by atoms with E-state index in [4.69, 9.17) is 12.6 Å². The van der Waals surface area contributed by atoms with Crippen molar-refractivity contribution in [2.75, 3.05) is 0 Å². The summed E-state index contributed by atoms with van der Waals surface area (Å²) in [6.07, 6.45) is 22.7. The number of benzene rings is 1. The molecule has 0 radical (unpaired) electrons. The quantitative estimate of drug-likeness (QED) is 0.400. The van der Waals surface area contributed by atoms with Gasteiger partial charge in [-0.3, -0.25) is 0 Å². The van der Waals surface area contributed by atoms with Gasteiger partial charge in [-0.15, -0.1) is 12.6 Å². The van der Waals surface area contributed by atoms with Crippen LogP contribution >= 0.6 is 12.6 Å². The van der Waals surface area contributed by atoms with Crippen LogP contribution in [0.3, 0.4) is 0 Å². The highest BCUT2D eigenvalue weighted by atomic mass is 32.1. The van der Waals surface area contributed by atoms with Gasteiger partial charge in [0.15, 0.2) is 0 Å². The van der Waals surface area contributed by atoms with Crippen LogP contribution < -0.4 is 0 Å². The Balaban J connectivity index is 1.70. The van der Waals surface area contributed by atoms with Gasteiger partial charge in [-0.1, -0.05) is 76.3 Å². The molecule has 0 amide bonds. The van der Waals surface area contributed by atoms with Crippen LogP contribution in [-0.2, 0) is 0 Å². The molecule has 0 nitrogen and oxygen atoms in total. The van der Waals surface area contributed by atoms with Crippen molar-refractivity contribution in [3.63, 3.8) is 0 Å². The molecule has 0 saturated heterocycles. The van der Waals surface area contributed by atoms with Crippen molar-refractivity contribution in [1.82, 2.24) is 0 Å². The van der Waals surface area contributed by atoms with Crippen molar-refractivity contribution in [2.24, 2.45) is 0 Å². The minimum atomic E-state index is 0.774. The van der Waals surface area contributed by atoms with Crippen molar-refractivity contribution in [3.8, 4) is 0 Å². The lowest BCUT2D eigenvalue weighted by Crippen LogP contribution is -2.12. The number of hydrogen-bond acceptors (Lipinski definition) is 1. The van der Waals surface area contributed by atoms with Crippen LogP contribution in [0.4, 0.5) is 0 Å². The fourth-order valence-electron chi connectivity index (χ4n) is 6.00. The second kappa shape index (κ2) is 9.18. The predicted octanol–water partition coefficient (Wildman–Crippen LogP) is 8.51. The minimum Gasteiger partial charge on any atom is -0.143 e.